The van der Waals surface area contributed by atoms with E-state index in [0.29, 0.717) is 24.9 Å². The average molecular weight is 377 g/mol. The second kappa shape index (κ2) is 8.05. The molecule has 0 radical (unpaired) electrons. The zero-order valence-corrected chi connectivity index (χ0v) is 16.2. The Morgan fingerprint density at radius 2 is 1.75 bits per heavy atom. The highest BCUT2D eigenvalue weighted by molar-refractivity contribution is 5.84. The van der Waals surface area contributed by atoms with Crippen LogP contribution in [-0.4, -0.2) is 29.9 Å². The van der Waals surface area contributed by atoms with Crippen molar-refractivity contribution in [2.75, 3.05) is 13.1 Å². The highest BCUT2D eigenvalue weighted by Gasteiger charge is 2.40. The molecule has 3 atom stereocenters. The lowest BCUT2D eigenvalue weighted by Gasteiger charge is -2.29. The number of urea groups is 1. The molecule has 1 aliphatic carbocycles. The van der Waals surface area contributed by atoms with Crippen LogP contribution in [0.2, 0.25) is 0 Å². The molecule has 2 aliphatic rings. The molecule has 1 fully saturated rings. The highest BCUT2D eigenvalue weighted by Crippen LogP contribution is 2.46. The first-order valence-corrected chi connectivity index (χ1v) is 10.1. The third-order valence-electron chi connectivity index (χ3n) is 5.89. The summed E-state index contributed by atoms with van der Waals surface area (Å²) >= 11 is 0. The van der Waals surface area contributed by atoms with E-state index in [1.54, 1.807) is 4.90 Å². The third-order valence-corrected chi connectivity index (χ3v) is 5.89. The molecule has 28 heavy (non-hydrogen) atoms. The molecular formula is C23H27N3O2. The van der Waals surface area contributed by atoms with Gasteiger partial charge in [-0.15, -0.1) is 0 Å². The maximum absolute atomic E-state index is 12.5. The lowest BCUT2D eigenvalue weighted by molar-refractivity contribution is -0.121. The van der Waals surface area contributed by atoms with E-state index < -0.39 is 0 Å². The topological polar surface area (TPSA) is 61.4 Å². The summed E-state index contributed by atoms with van der Waals surface area (Å²) in [6.45, 7) is 3.48. The molecule has 0 spiro atoms. The maximum atomic E-state index is 12.5. The van der Waals surface area contributed by atoms with Gasteiger partial charge in [0.05, 0.1) is 12.6 Å². The van der Waals surface area contributed by atoms with Gasteiger partial charge in [0, 0.05) is 13.1 Å². The first-order valence-electron chi connectivity index (χ1n) is 10.1. The Hall–Kier alpha value is -2.82. The van der Waals surface area contributed by atoms with Gasteiger partial charge in [0.2, 0.25) is 5.91 Å². The van der Waals surface area contributed by atoms with Crippen LogP contribution in [0.4, 0.5) is 4.79 Å². The SMILES string of the molecule is CC1CC1C(NC(=O)CNC(=O)N1CCc2ccccc2C1)c1ccccc1. The van der Waals surface area contributed by atoms with Crippen molar-refractivity contribution in [1.29, 1.82) is 0 Å². The monoisotopic (exact) mass is 377 g/mol. The van der Waals surface area contributed by atoms with Gasteiger partial charge in [-0.25, -0.2) is 4.79 Å². The molecule has 146 valence electrons. The lowest BCUT2D eigenvalue weighted by atomic mass is 10.0. The number of carbonyl (C=O) groups is 2. The number of hydrogen-bond acceptors (Lipinski definition) is 2. The van der Waals surface area contributed by atoms with Crippen LogP contribution in [-0.2, 0) is 17.8 Å². The summed E-state index contributed by atoms with van der Waals surface area (Å²) in [5.41, 5.74) is 3.61. The molecular weight excluding hydrogens is 350 g/mol. The van der Waals surface area contributed by atoms with Gasteiger partial charge in [0.15, 0.2) is 0 Å². The van der Waals surface area contributed by atoms with E-state index in [2.05, 4.69) is 41.8 Å². The molecule has 0 saturated heterocycles. The van der Waals surface area contributed by atoms with Crippen LogP contribution in [0, 0.1) is 11.8 Å². The second-order valence-electron chi connectivity index (χ2n) is 7.93. The van der Waals surface area contributed by atoms with Gasteiger partial charge in [-0.3, -0.25) is 4.79 Å². The van der Waals surface area contributed by atoms with Crippen molar-refractivity contribution in [2.45, 2.75) is 32.4 Å². The molecule has 2 aromatic carbocycles. The number of hydrogen-bond donors (Lipinski definition) is 2. The van der Waals surface area contributed by atoms with Crippen LogP contribution in [0.1, 0.15) is 36.1 Å². The quantitative estimate of drug-likeness (QED) is 0.840. The normalized spacial score (nSPS) is 21.4. The Kier molecular flexibility index (Phi) is 5.33. The van der Waals surface area contributed by atoms with E-state index in [9.17, 15) is 9.59 Å². The minimum Gasteiger partial charge on any atom is -0.347 e. The average Bonchev–Trinajstić information content (AvgIpc) is 3.46. The van der Waals surface area contributed by atoms with Crippen LogP contribution < -0.4 is 10.6 Å². The van der Waals surface area contributed by atoms with E-state index in [1.165, 1.54) is 11.1 Å². The molecule has 3 unspecified atom stereocenters. The number of carbonyl (C=O) groups excluding carboxylic acids is 2. The van der Waals surface area contributed by atoms with Crippen molar-refractivity contribution in [1.82, 2.24) is 15.5 Å². The number of rotatable bonds is 5. The van der Waals surface area contributed by atoms with Crippen LogP contribution in [0.15, 0.2) is 54.6 Å². The predicted octanol–water partition coefficient (Wildman–Crippen LogP) is 3.27. The van der Waals surface area contributed by atoms with Gasteiger partial charge in [-0.2, -0.15) is 0 Å². The molecule has 0 bridgehead atoms. The van der Waals surface area contributed by atoms with E-state index in [-0.39, 0.29) is 24.5 Å². The molecule has 1 saturated carbocycles. The molecule has 5 nitrogen and oxygen atoms in total. The van der Waals surface area contributed by atoms with Crippen molar-refractivity contribution in [3.8, 4) is 0 Å². The molecule has 2 N–H and O–H groups in total. The Morgan fingerprint density at radius 3 is 2.46 bits per heavy atom. The third kappa shape index (κ3) is 4.19. The number of benzene rings is 2. The Labute approximate surface area is 166 Å². The van der Waals surface area contributed by atoms with Gasteiger partial charge in [0.1, 0.15) is 0 Å². The van der Waals surface area contributed by atoms with E-state index in [1.807, 2.05) is 30.3 Å². The van der Waals surface area contributed by atoms with Crippen molar-refractivity contribution in [2.24, 2.45) is 11.8 Å². The lowest BCUT2D eigenvalue weighted by Crippen LogP contribution is -2.46. The van der Waals surface area contributed by atoms with E-state index in [4.69, 9.17) is 0 Å². The molecule has 2 aromatic rings. The number of nitrogens with one attached hydrogen (secondary N) is 2. The fourth-order valence-corrected chi connectivity index (χ4v) is 4.07. The molecule has 0 aromatic heterocycles. The summed E-state index contributed by atoms with van der Waals surface area (Å²) in [6.07, 6.45) is 1.98. The smallest absolute Gasteiger partial charge is 0.318 e. The first kappa shape index (κ1) is 18.5. The van der Waals surface area contributed by atoms with Crippen LogP contribution in [0.5, 0.6) is 0 Å². The largest absolute Gasteiger partial charge is 0.347 e. The second-order valence-corrected chi connectivity index (χ2v) is 7.93. The van der Waals surface area contributed by atoms with Crippen molar-refractivity contribution >= 4 is 11.9 Å². The van der Waals surface area contributed by atoms with Gasteiger partial charge in [-0.05, 0) is 41.4 Å². The molecule has 1 heterocycles. The molecule has 1 aliphatic heterocycles. The predicted molar refractivity (Wildman–Crippen MR) is 109 cm³/mol. The molecule has 4 rings (SSSR count). The maximum Gasteiger partial charge on any atom is 0.318 e. The Balaban J connectivity index is 1.31. The van der Waals surface area contributed by atoms with Crippen LogP contribution >= 0.6 is 0 Å². The number of nitrogens with zero attached hydrogens (tertiary/aromatic N) is 1. The Bertz CT molecular complexity index is 852. The Morgan fingerprint density at radius 1 is 1.07 bits per heavy atom. The zero-order chi connectivity index (χ0) is 19.5. The van der Waals surface area contributed by atoms with E-state index >= 15 is 0 Å². The zero-order valence-electron chi connectivity index (χ0n) is 16.2. The summed E-state index contributed by atoms with van der Waals surface area (Å²) in [5, 5.41) is 5.91. The van der Waals surface area contributed by atoms with Gasteiger partial charge in [0.25, 0.3) is 0 Å². The first-order chi connectivity index (χ1) is 13.6. The summed E-state index contributed by atoms with van der Waals surface area (Å²) in [7, 11) is 0. The van der Waals surface area contributed by atoms with Crippen molar-refractivity contribution < 1.29 is 9.59 Å². The van der Waals surface area contributed by atoms with Gasteiger partial charge < -0.3 is 15.5 Å². The number of amides is 3. The van der Waals surface area contributed by atoms with Crippen LogP contribution in [0.25, 0.3) is 0 Å². The number of fused-ring (bicyclic) bond motifs is 1. The molecule has 3 amide bonds. The minimum atomic E-state index is -0.180. The highest BCUT2D eigenvalue weighted by atomic mass is 16.2. The van der Waals surface area contributed by atoms with E-state index in [0.717, 1.165) is 18.4 Å². The van der Waals surface area contributed by atoms with Gasteiger partial charge in [-0.1, -0.05) is 61.5 Å². The van der Waals surface area contributed by atoms with Crippen LogP contribution in [0.3, 0.4) is 0 Å². The summed E-state index contributed by atoms with van der Waals surface area (Å²) in [4.78, 5) is 26.8. The summed E-state index contributed by atoms with van der Waals surface area (Å²) < 4.78 is 0. The minimum absolute atomic E-state index is 0.00140. The molecule has 5 heteroatoms. The van der Waals surface area contributed by atoms with Crippen molar-refractivity contribution in [3.63, 3.8) is 0 Å². The summed E-state index contributed by atoms with van der Waals surface area (Å²) in [6, 6.07) is 18.1. The fourth-order valence-electron chi connectivity index (χ4n) is 4.07. The fraction of sp³-hybridized carbons (Fsp3) is 0.391. The van der Waals surface area contributed by atoms with Crippen molar-refractivity contribution in [3.05, 3.63) is 71.3 Å². The van der Waals surface area contributed by atoms with Gasteiger partial charge >= 0.3 is 6.03 Å². The summed E-state index contributed by atoms with van der Waals surface area (Å²) in [5.74, 6) is 0.952. The standard InChI is InChI=1S/C23H27N3O2/c1-16-13-20(16)22(18-8-3-2-4-9-18)25-21(27)14-24-23(28)26-12-11-17-7-5-6-10-19(17)15-26/h2-10,16,20,22H,11-15H2,1H3,(H,24,28)(H,25,27).